The third-order valence-corrected chi connectivity index (χ3v) is 3.20. The first-order chi connectivity index (χ1) is 9.12. The molecule has 6 heteroatoms. The van der Waals surface area contributed by atoms with Crippen molar-refractivity contribution in [3.05, 3.63) is 27.3 Å². The van der Waals surface area contributed by atoms with Crippen molar-refractivity contribution in [2.45, 2.75) is 20.4 Å². The standard InChI is InChI=1S/C13H16N2O3S/c1-4-15-12(16)8-6-11(18-5-2)10(17-3)7-9(8)14-13(15)19/h6-7H,4-5H2,1-3H3,(H,14,19). The van der Waals surface area contributed by atoms with Crippen LogP contribution >= 0.6 is 12.2 Å². The van der Waals surface area contributed by atoms with Crippen LogP contribution in [-0.4, -0.2) is 23.3 Å². The number of nitrogens with one attached hydrogen (secondary N) is 1. The second-order valence-corrected chi connectivity index (χ2v) is 4.35. The van der Waals surface area contributed by atoms with Crippen LogP contribution in [0.5, 0.6) is 11.5 Å². The van der Waals surface area contributed by atoms with Gasteiger partial charge in [0.2, 0.25) is 0 Å². The topological polar surface area (TPSA) is 56.2 Å². The highest BCUT2D eigenvalue weighted by atomic mass is 32.1. The van der Waals surface area contributed by atoms with Gasteiger partial charge in [-0.15, -0.1) is 0 Å². The molecular formula is C13H16N2O3S. The lowest BCUT2D eigenvalue weighted by molar-refractivity contribution is 0.311. The van der Waals surface area contributed by atoms with E-state index >= 15 is 0 Å². The fourth-order valence-electron chi connectivity index (χ4n) is 1.98. The van der Waals surface area contributed by atoms with Gasteiger partial charge in [-0.25, -0.2) is 0 Å². The van der Waals surface area contributed by atoms with Crippen LogP contribution in [0.4, 0.5) is 0 Å². The van der Waals surface area contributed by atoms with Crippen LogP contribution in [-0.2, 0) is 6.54 Å². The summed E-state index contributed by atoms with van der Waals surface area (Å²) in [5.74, 6) is 1.14. The molecule has 0 saturated carbocycles. The maximum Gasteiger partial charge on any atom is 0.262 e. The van der Waals surface area contributed by atoms with Crippen molar-refractivity contribution < 1.29 is 9.47 Å². The highest BCUT2D eigenvalue weighted by Crippen LogP contribution is 2.30. The van der Waals surface area contributed by atoms with Gasteiger partial charge in [0.1, 0.15) is 0 Å². The highest BCUT2D eigenvalue weighted by molar-refractivity contribution is 7.71. The number of hydrogen-bond donors (Lipinski definition) is 1. The number of aromatic amines is 1. The van der Waals surface area contributed by atoms with Crippen molar-refractivity contribution in [1.29, 1.82) is 0 Å². The Morgan fingerprint density at radius 1 is 1.32 bits per heavy atom. The van der Waals surface area contributed by atoms with E-state index in [1.807, 2.05) is 13.8 Å². The zero-order valence-electron chi connectivity index (χ0n) is 11.1. The molecule has 0 spiro atoms. The summed E-state index contributed by atoms with van der Waals surface area (Å²) in [4.78, 5) is 15.4. The predicted octanol–water partition coefficient (Wildman–Crippen LogP) is 2.49. The molecule has 0 atom stereocenters. The normalized spacial score (nSPS) is 10.7. The Hall–Kier alpha value is -1.82. The second-order valence-electron chi connectivity index (χ2n) is 3.96. The first-order valence-corrected chi connectivity index (χ1v) is 6.50. The summed E-state index contributed by atoms with van der Waals surface area (Å²) in [7, 11) is 1.56. The van der Waals surface area contributed by atoms with Crippen LogP contribution in [0, 0.1) is 4.77 Å². The number of nitrogens with zero attached hydrogens (tertiary/aromatic N) is 1. The molecule has 0 fully saturated rings. The van der Waals surface area contributed by atoms with E-state index < -0.39 is 0 Å². The van der Waals surface area contributed by atoms with Crippen molar-refractivity contribution in [3.63, 3.8) is 0 Å². The lowest BCUT2D eigenvalue weighted by atomic mass is 10.2. The van der Waals surface area contributed by atoms with Crippen molar-refractivity contribution in [2.75, 3.05) is 13.7 Å². The number of methoxy groups -OCH3 is 1. The highest BCUT2D eigenvalue weighted by Gasteiger charge is 2.11. The van der Waals surface area contributed by atoms with Gasteiger partial charge in [-0.2, -0.15) is 0 Å². The van der Waals surface area contributed by atoms with Gasteiger partial charge in [0.15, 0.2) is 16.3 Å². The lowest BCUT2D eigenvalue weighted by Crippen LogP contribution is -2.21. The van der Waals surface area contributed by atoms with Crippen molar-refractivity contribution in [3.8, 4) is 11.5 Å². The van der Waals surface area contributed by atoms with Gasteiger partial charge in [0.25, 0.3) is 5.56 Å². The van der Waals surface area contributed by atoms with Crippen molar-refractivity contribution in [1.82, 2.24) is 9.55 Å². The van der Waals surface area contributed by atoms with E-state index in [0.29, 0.717) is 40.3 Å². The maximum absolute atomic E-state index is 12.3. The molecule has 0 bridgehead atoms. The van der Waals surface area contributed by atoms with Gasteiger partial charge in [-0.1, -0.05) is 0 Å². The van der Waals surface area contributed by atoms with E-state index in [-0.39, 0.29) is 5.56 Å². The molecule has 0 unspecified atom stereocenters. The summed E-state index contributed by atoms with van der Waals surface area (Å²) in [5, 5.41) is 0.541. The smallest absolute Gasteiger partial charge is 0.262 e. The summed E-state index contributed by atoms with van der Waals surface area (Å²) in [6.07, 6.45) is 0. The molecule has 1 aromatic carbocycles. The molecule has 0 aliphatic heterocycles. The Morgan fingerprint density at radius 3 is 2.63 bits per heavy atom. The summed E-state index contributed by atoms with van der Waals surface area (Å²) < 4.78 is 12.7. The number of hydrogen-bond acceptors (Lipinski definition) is 4. The quantitative estimate of drug-likeness (QED) is 0.874. The number of benzene rings is 1. The largest absolute Gasteiger partial charge is 0.493 e. The second kappa shape index (κ2) is 5.44. The molecular weight excluding hydrogens is 264 g/mol. The third-order valence-electron chi connectivity index (χ3n) is 2.88. The van der Waals surface area contributed by atoms with Crippen LogP contribution in [0.1, 0.15) is 13.8 Å². The molecule has 19 heavy (non-hydrogen) atoms. The average Bonchev–Trinajstić information content (AvgIpc) is 2.39. The summed E-state index contributed by atoms with van der Waals surface area (Å²) >= 11 is 5.17. The summed E-state index contributed by atoms with van der Waals surface area (Å²) in [6, 6.07) is 3.43. The zero-order valence-corrected chi connectivity index (χ0v) is 12.0. The maximum atomic E-state index is 12.3. The van der Waals surface area contributed by atoms with E-state index in [1.54, 1.807) is 19.2 Å². The molecule has 1 aromatic heterocycles. The number of aromatic nitrogens is 2. The molecule has 0 aliphatic carbocycles. The molecule has 0 aliphatic rings. The molecule has 1 N–H and O–H groups in total. The van der Waals surface area contributed by atoms with E-state index in [0.717, 1.165) is 0 Å². The van der Waals surface area contributed by atoms with E-state index in [2.05, 4.69) is 4.98 Å². The molecule has 5 nitrogen and oxygen atoms in total. The molecule has 0 saturated heterocycles. The lowest BCUT2D eigenvalue weighted by Gasteiger charge is -2.11. The molecule has 0 amide bonds. The van der Waals surface area contributed by atoms with Crippen LogP contribution in [0.3, 0.4) is 0 Å². The van der Waals surface area contributed by atoms with Gasteiger partial charge in [-0.05, 0) is 32.1 Å². The van der Waals surface area contributed by atoms with Gasteiger partial charge in [0.05, 0.1) is 24.6 Å². The number of H-pyrrole nitrogens is 1. The van der Waals surface area contributed by atoms with E-state index in [9.17, 15) is 4.79 Å². The Kier molecular flexibility index (Phi) is 3.90. The Labute approximate surface area is 115 Å². The Bertz CT molecular complexity index is 718. The molecule has 0 radical (unpaired) electrons. The Balaban J connectivity index is 2.82. The Morgan fingerprint density at radius 2 is 2.05 bits per heavy atom. The van der Waals surface area contributed by atoms with Crippen LogP contribution in [0.25, 0.3) is 10.9 Å². The van der Waals surface area contributed by atoms with Gasteiger partial charge in [-0.3, -0.25) is 9.36 Å². The van der Waals surface area contributed by atoms with Crippen molar-refractivity contribution >= 4 is 23.1 Å². The fraction of sp³-hybridized carbons (Fsp3) is 0.385. The minimum Gasteiger partial charge on any atom is -0.493 e. The van der Waals surface area contributed by atoms with Crippen LogP contribution in [0.2, 0.25) is 0 Å². The molecule has 102 valence electrons. The number of fused-ring (bicyclic) bond motifs is 1. The first kappa shape index (κ1) is 13.6. The average molecular weight is 280 g/mol. The van der Waals surface area contributed by atoms with E-state index in [1.165, 1.54) is 4.57 Å². The molecule has 1 heterocycles. The number of rotatable bonds is 4. The molecule has 2 aromatic rings. The van der Waals surface area contributed by atoms with Gasteiger partial charge >= 0.3 is 0 Å². The van der Waals surface area contributed by atoms with Crippen LogP contribution < -0.4 is 15.0 Å². The van der Waals surface area contributed by atoms with E-state index in [4.69, 9.17) is 21.7 Å². The predicted molar refractivity (Wildman–Crippen MR) is 76.8 cm³/mol. The minimum atomic E-state index is -0.121. The third kappa shape index (κ3) is 2.35. The number of ether oxygens (including phenoxy) is 2. The van der Waals surface area contributed by atoms with Gasteiger partial charge < -0.3 is 14.5 Å². The van der Waals surface area contributed by atoms with Crippen molar-refractivity contribution in [2.24, 2.45) is 0 Å². The zero-order chi connectivity index (χ0) is 14.0. The summed E-state index contributed by atoms with van der Waals surface area (Å²) in [5.41, 5.74) is 0.532. The van der Waals surface area contributed by atoms with Crippen LogP contribution in [0.15, 0.2) is 16.9 Å². The SMILES string of the molecule is CCOc1cc2c(=O)n(CC)c(=S)[nH]c2cc1OC. The first-order valence-electron chi connectivity index (χ1n) is 6.10. The summed E-state index contributed by atoms with van der Waals surface area (Å²) in [6.45, 7) is 4.79. The monoisotopic (exact) mass is 280 g/mol. The molecule has 2 rings (SSSR count). The fourth-order valence-corrected chi connectivity index (χ4v) is 2.30. The van der Waals surface area contributed by atoms with Gasteiger partial charge in [0, 0.05) is 12.6 Å². The minimum absolute atomic E-state index is 0.121.